The summed E-state index contributed by atoms with van der Waals surface area (Å²) in [6, 6.07) is 5.35. The molecule has 1 aromatic rings. The molecule has 0 aliphatic rings. The fourth-order valence-electron chi connectivity index (χ4n) is 1.77. The molecule has 1 unspecified atom stereocenters. The van der Waals surface area contributed by atoms with Crippen molar-refractivity contribution in [3.05, 3.63) is 23.8 Å². The smallest absolute Gasteiger partial charge is 0.319 e. The second kappa shape index (κ2) is 7.63. The maximum Gasteiger partial charge on any atom is 0.319 e. The number of carbonyl (C=O) groups is 1. The Kier molecular flexibility index (Phi) is 6.15. The van der Waals surface area contributed by atoms with Crippen LogP contribution in [0.25, 0.3) is 0 Å². The van der Waals surface area contributed by atoms with Crippen LogP contribution in [0, 0.1) is 6.92 Å². The minimum absolute atomic E-state index is 0.0166. The van der Waals surface area contributed by atoms with E-state index >= 15 is 0 Å². The number of benzene rings is 1. The molecule has 106 valence electrons. The average Bonchev–Trinajstić information content (AvgIpc) is 2.36. The number of aryl methyl sites for hydroxylation is 1. The molecule has 0 heterocycles. The third-order valence-corrected chi connectivity index (χ3v) is 2.78. The van der Waals surface area contributed by atoms with Gasteiger partial charge in [-0.05, 0) is 44.4 Å². The molecule has 0 spiro atoms. The standard InChI is InChI=1S/C14H22N2O3/c1-10-6-7-13(19-3)12(9-10)16-14(18)15-11(2)5-4-8-17/h6-7,9,11,17H,4-5,8H2,1-3H3,(H2,15,16,18). The molecule has 0 saturated carbocycles. The van der Waals surface area contributed by atoms with E-state index in [4.69, 9.17) is 9.84 Å². The maximum atomic E-state index is 11.8. The zero-order valence-electron chi connectivity index (χ0n) is 11.7. The number of rotatable bonds is 6. The van der Waals surface area contributed by atoms with Gasteiger partial charge in [0.15, 0.2) is 0 Å². The van der Waals surface area contributed by atoms with Crippen molar-refractivity contribution < 1.29 is 14.6 Å². The predicted molar refractivity (Wildman–Crippen MR) is 75.7 cm³/mol. The Morgan fingerprint density at radius 3 is 2.84 bits per heavy atom. The molecule has 5 heteroatoms. The molecule has 5 nitrogen and oxygen atoms in total. The zero-order valence-corrected chi connectivity index (χ0v) is 11.7. The lowest BCUT2D eigenvalue weighted by Gasteiger charge is -2.15. The molecule has 0 aromatic heterocycles. The lowest BCUT2D eigenvalue weighted by molar-refractivity contribution is 0.245. The molecular weight excluding hydrogens is 244 g/mol. The third kappa shape index (κ3) is 5.18. The van der Waals surface area contributed by atoms with Gasteiger partial charge in [0, 0.05) is 12.6 Å². The summed E-state index contributed by atoms with van der Waals surface area (Å²) in [6.45, 7) is 3.99. The van der Waals surface area contributed by atoms with Gasteiger partial charge < -0.3 is 20.5 Å². The number of aliphatic hydroxyl groups is 1. The van der Waals surface area contributed by atoms with Gasteiger partial charge in [0.05, 0.1) is 12.8 Å². The number of hydrogen-bond acceptors (Lipinski definition) is 3. The number of urea groups is 1. The van der Waals surface area contributed by atoms with E-state index in [9.17, 15) is 4.79 Å². The molecule has 0 aliphatic carbocycles. The van der Waals surface area contributed by atoms with E-state index in [0.29, 0.717) is 17.9 Å². The highest BCUT2D eigenvalue weighted by Crippen LogP contribution is 2.24. The molecule has 1 aromatic carbocycles. The van der Waals surface area contributed by atoms with Gasteiger partial charge in [-0.1, -0.05) is 6.07 Å². The van der Waals surface area contributed by atoms with Gasteiger partial charge in [0.2, 0.25) is 0 Å². The molecule has 0 radical (unpaired) electrons. The highest BCUT2D eigenvalue weighted by Gasteiger charge is 2.10. The van der Waals surface area contributed by atoms with Crippen LogP contribution in [0.1, 0.15) is 25.3 Å². The average molecular weight is 266 g/mol. The van der Waals surface area contributed by atoms with Crippen molar-refractivity contribution in [1.29, 1.82) is 0 Å². The van der Waals surface area contributed by atoms with E-state index in [-0.39, 0.29) is 18.7 Å². The van der Waals surface area contributed by atoms with E-state index < -0.39 is 0 Å². The number of nitrogens with one attached hydrogen (secondary N) is 2. The van der Waals surface area contributed by atoms with Gasteiger partial charge >= 0.3 is 6.03 Å². The Bertz CT molecular complexity index is 421. The van der Waals surface area contributed by atoms with Crippen LogP contribution in [0.5, 0.6) is 5.75 Å². The first kappa shape index (κ1) is 15.3. The van der Waals surface area contributed by atoms with Gasteiger partial charge in [-0.2, -0.15) is 0 Å². The highest BCUT2D eigenvalue weighted by molar-refractivity contribution is 5.91. The lowest BCUT2D eigenvalue weighted by atomic mass is 10.2. The molecule has 0 bridgehead atoms. The second-order valence-electron chi connectivity index (χ2n) is 4.57. The van der Waals surface area contributed by atoms with E-state index in [1.165, 1.54) is 0 Å². The molecule has 1 rings (SSSR count). The summed E-state index contributed by atoms with van der Waals surface area (Å²) in [4.78, 5) is 11.8. The summed E-state index contributed by atoms with van der Waals surface area (Å²) in [6.07, 6.45) is 1.42. The number of methoxy groups -OCH3 is 1. The van der Waals surface area contributed by atoms with Crippen LogP contribution in [0.2, 0.25) is 0 Å². The number of carbonyl (C=O) groups excluding carboxylic acids is 1. The highest BCUT2D eigenvalue weighted by atomic mass is 16.5. The fraction of sp³-hybridized carbons (Fsp3) is 0.500. The number of amides is 2. The monoisotopic (exact) mass is 266 g/mol. The Morgan fingerprint density at radius 2 is 2.21 bits per heavy atom. The number of hydrogen-bond donors (Lipinski definition) is 3. The molecule has 1 atom stereocenters. The second-order valence-corrected chi connectivity index (χ2v) is 4.57. The first-order chi connectivity index (χ1) is 9.06. The van der Waals surface area contributed by atoms with Crippen LogP contribution in [0.4, 0.5) is 10.5 Å². The van der Waals surface area contributed by atoms with Crippen LogP contribution in [-0.4, -0.2) is 30.9 Å². The first-order valence-electron chi connectivity index (χ1n) is 6.40. The summed E-state index contributed by atoms with van der Waals surface area (Å²) in [7, 11) is 1.57. The number of ether oxygens (including phenoxy) is 1. The van der Waals surface area contributed by atoms with Crippen LogP contribution in [-0.2, 0) is 0 Å². The van der Waals surface area contributed by atoms with Crippen LogP contribution >= 0.6 is 0 Å². The van der Waals surface area contributed by atoms with E-state index in [1.54, 1.807) is 7.11 Å². The summed E-state index contributed by atoms with van der Waals surface area (Å²) in [5, 5.41) is 14.3. The molecule has 0 saturated heterocycles. The molecule has 2 amide bonds. The van der Waals surface area contributed by atoms with Crippen LogP contribution in [0.15, 0.2) is 18.2 Å². The lowest BCUT2D eigenvalue weighted by Crippen LogP contribution is -2.36. The minimum Gasteiger partial charge on any atom is -0.495 e. The maximum absolute atomic E-state index is 11.8. The summed E-state index contributed by atoms with van der Waals surface area (Å²) >= 11 is 0. The molecular formula is C14H22N2O3. The van der Waals surface area contributed by atoms with Crippen LogP contribution < -0.4 is 15.4 Å². The fourth-order valence-corrected chi connectivity index (χ4v) is 1.77. The van der Waals surface area contributed by atoms with Crippen LogP contribution in [0.3, 0.4) is 0 Å². The number of anilines is 1. The van der Waals surface area contributed by atoms with Crippen molar-refractivity contribution in [2.24, 2.45) is 0 Å². The molecule has 0 aliphatic heterocycles. The molecule has 0 fully saturated rings. The van der Waals surface area contributed by atoms with Gasteiger partial charge in [-0.3, -0.25) is 0 Å². The van der Waals surface area contributed by atoms with E-state index in [1.807, 2.05) is 32.0 Å². The van der Waals surface area contributed by atoms with Crippen molar-refractivity contribution in [3.63, 3.8) is 0 Å². The van der Waals surface area contributed by atoms with Crippen molar-refractivity contribution >= 4 is 11.7 Å². The first-order valence-corrected chi connectivity index (χ1v) is 6.40. The summed E-state index contributed by atoms with van der Waals surface area (Å²) in [5.74, 6) is 0.628. The van der Waals surface area contributed by atoms with Gasteiger partial charge in [0.1, 0.15) is 5.75 Å². The molecule has 3 N–H and O–H groups in total. The van der Waals surface area contributed by atoms with E-state index in [2.05, 4.69) is 10.6 Å². The largest absolute Gasteiger partial charge is 0.495 e. The SMILES string of the molecule is COc1ccc(C)cc1NC(=O)NC(C)CCCO. The number of aliphatic hydroxyl groups excluding tert-OH is 1. The van der Waals surface area contributed by atoms with Crippen molar-refractivity contribution in [1.82, 2.24) is 5.32 Å². The van der Waals surface area contributed by atoms with Gasteiger partial charge in [-0.25, -0.2) is 4.79 Å². The Balaban J connectivity index is 2.59. The Morgan fingerprint density at radius 1 is 1.47 bits per heavy atom. The zero-order chi connectivity index (χ0) is 14.3. The molecule has 19 heavy (non-hydrogen) atoms. The third-order valence-electron chi connectivity index (χ3n) is 2.78. The van der Waals surface area contributed by atoms with Crippen molar-refractivity contribution in [3.8, 4) is 5.75 Å². The summed E-state index contributed by atoms with van der Waals surface area (Å²) < 4.78 is 5.20. The van der Waals surface area contributed by atoms with Gasteiger partial charge in [0.25, 0.3) is 0 Å². The summed E-state index contributed by atoms with van der Waals surface area (Å²) in [5.41, 5.74) is 1.69. The topological polar surface area (TPSA) is 70.6 Å². The van der Waals surface area contributed by atoms with Crippen molar-refractivity contribution in [2.45, 2.75) is 32.7 Å². The van der Waals surface area contributed by atoms with E-state index in [0.717, 1.165) is 12.0 Å². The van der Waals surface area contributed by atoms with Crippen molar-refractivity contribution in [2.75, 3.05) is 19.0 Å². The Hall–Kier alpha value is -1.75. The normalized spacial score (nSPS) is 11.8. The Labute approximate surface area is 114 Å². The predicted octanol–water partition coefficient (Wildman–Crippen LogP) is 2.29. The van der Waals surface area contributed by atoms with Gasteiger partial charge in [-0.15, -0.1) is 0 Å². The quantitative estimate of drug-likeness (QED) is 0.740. The minimum atomic E-state index is -0.269.